The Morgan fingerprint density at radius 1 is 0.925 bits per heavy atom. The van der Waals surface area contributed by atoms with Gasteiger partial charge in [0.2, 0.25) is 5.91 Å². The molecular weight excluding hydrogens is 524 g/mol. The van der Waals surface area contributed by atoms with Crippen molar-refractivity contribution in [3.63, 3.8) is 0 Å². The van der Waals surface area contributed by atoms with Crippen LogP contribution in [-0.4, -0.2) is 30.5 Å². The van der Waals surface area contributed by atoms with E-state index in [0.717, 1.165) is 28.7 Å². The van der Waals surface area contributed by atoms with E-state index in [1.54, 1.807) is 41.7 Å². The van der Waals surface area contributed by atoms with Crippen molar-refractivity contribution in [2.24, 2.45) is 0 Å². The number of hydrogen-bond donors (Lipinski definition) is 4. The summed E-state index contributed by atoms with van der Waals surface area (Å²) in [6.07, 6.45) is 0.313. The summed E-state index contributed by atoms with van der Waals surface area (Å²) in [5, 5.41) is 12.4. The Labute approximate surface area is 237 Å². The molecule has 0 radical (unpaired) electrons. The highest BCUT2D eigenvalue weighted by Crippen LogP contribution is 2.29. The van der Waals surface area contributed by atoms with E-state index < -0.39 is 12.1 Å². The molecule has 0 fully saturated rings. The number of thiophene rings is 1. The topological polar surface area (TPSA) is 123 Å². The second-order valence-electron chi connectivity index (χ2n) is 9.22. The van der Waals surface area contributed by atoms with E-state index in [-0.39, 0.29) is 24.8 Å². The van der Waals surface area contributed by atoms with Gasteiger partial charge in [-0.05, 0) is 69.8 Å². The number of hydrogen-bond acceptors (Lipinski definition) is 6. The largest absolute Gasteiger partial charge is 0.445 e. The maximum atomic E-state index is 13.0. The number of nitrogen functional groups attached to an aromatic ring is 1. The van der Waals surface area contributed by atoms with Crippen LogP contribution in [0.1, 0.15) is 34.8 Å². The van der Waals surface area contributed by atoms with Crippen LogP contribution >= 0.6 is 11.3 Å². The Morgan fingerprint density at radius 2 is 1.70 bits per heavy atom. The fourth-order valence-corrected chi connectivity index (χ4v) is 4.65. The van der Waals surface area contributed by atoms with Gasteiger partial charge in [-0.15, -0.1) is 0 Å². The van der Waals surface area contributed by atoms with Gasteiger partial charge in [-0.1, -0.05) is 55.5 Å². The van der Waals surface area contributed by atoms with Crippen LogP contribution in [-0.2, 0) is 22.6 Å². The first-order valence-corrected chi connectivity index (χ1v) is 13.9. The van der Waals surface area contributed by atoms with Crippen LogP contribution < -0.4 is 21.7 Å². The maximum absolute atomic E-state index is 13.0. The van der Waals surface area contributed by atoms with E-state index in [4.69, 9.17) is 10.5 Å². The average Bonchev–Trinajstić information content (AvgIpc) is 3.52. The number of anilines is 2. The van der Waals surface area contributed by atoms with E-state index in [0.29, 0.717) is 23.5 Å². The van der Waals surface area contributed by atoms with Gasteiger partial charge in [0.05, 0.1) is 11.4 Å². The number of carbonyl (C=O) groups is 3. The van der Waals surface area contributed by atoms with Gasteiger partial charge in [0.25, 0.3) is 5.91 Å². The summed E-state index contributed by atoms with van der Waals surface area (Å²) in [5.74, 6) is -0.609. The van der Waals surface area contributed by atoms with Crippen molar-refractivity contribution in [1.29, 1.82) is 0 Å². The molecule has 8 nitrogen and oxygen atoms in total. The lowest BCUT2D eigenvalue weighted by molar-refractivity contribution is -0.123. The van der Waals surface area contributed by atoms with E-state index >= 15 is 0 Å². The number of ether oxygens (including phenoxy) is 1. The van der Waals surface area contributed by atoms with E-state index in [2.05, 4.69) is 16.0 Å². The van der Waals surface area contributed by atoms with E-state index in [1.165, 1.54) is 0 Å². The number of rotatable bonds is 11. The first-order chi connectivity index (χ1) is 19.4. The van der Waals surface area contributed by atoms with Crippen molar-refractivity contribution in [3.05, 3.63) is 106 Å². The van der Waals surface area contributed by atoms with Crippen molar-refractivity contribution in [3.8, 4) is 11.1 Å². The SMILES string of the molecule is CCCNC(=O)[C@H](Cc1ccc(C(=O)Nc2cc(-c3ccsc3)ccc2N)cc1)NC(=O)OCc1ccccc1. The van der Waals surface area contributed by atoms with E-state index in [9.17, 15) is 14.4 Å². The van der Waals surface area contributed by atoms with Crippen LogP contribution in [0, 0.1) is 0 Å². The fraction of sp³-hybridized carbons (Fsp3) is 0.194. The summed E-state index contributed by atoms with van der Waals surface area (Å²) in [6, 6.07) is 22.9. The van der Waals surface area contributed by atoms with Gasteiger partial charge in [0.15, 0.2) is 0 Å². The van der Waals surface area contributed by atoms with Crippen LogP contribution in [0.15, 0.2) is 89.6 Å². The molecule has 0 aliphatic heterocycles. The number of amides is 3. The van der Waals surface area contributed by atoms with Gasteiger partial charge >= 0.3 is 6.09 Å². The first-order valence-electron chi connectivity index (χ1n) is 13.0. The molecule has 1 aromatic heterocycles. The molecule has 1 heterocycles. The summed E-state index contributed by atoms with van der Waals surface area (Å²) in [6.45, 7) is 2.54. The van der Waals surface area contributed by atoms with Gasteiger partial charge in [0.1, 0.15) is 12.6 Å². The Morgan fingerprint density at radius 3 is 2.40 bits per heavy atom. The molecule has 0 aliphatic carbocycles. The molecule has 0 aliphatic rings. The maximum Gasteiger partial charge on any atom is 0.408 e. The zero-order valence-electron chi connectivity index (χ0n) is 22.2. The quantitative estimate of drug-likeness (QED) is 0.179. The predicted molar refractivity (Wildman–Crippen MR) is 159 cm³/mol. The summed E-state index contributed by atoms with van der Waals surface area (Å²) in [4.78, 5) is 38.2. The minimum Gasteiger partial charge on any atom is -0.445 e. The lowest BCUT2D eigenvalue weighted by Gasteiger charge is -2.18. The Balaban J connectivity index is 1.39. The van der Waals surface area contributed by atoms with Crippen molar-refractivity contribution in [2.45, 2.75) is 32.4 Å². The van der Waals surface area contributed by atoms with Crippen LogP contribution in [0.3, 0.4) is 0 Å². The molecule has 206 valence electrons. The lowest BCUT2D eigenvalue weighted by Crippen LogP contribution is -2.48. The Hall–Kier alpha value is -4.63. The summed E-state index contributed by atoms with van der Waals surface area (Å²) < 4.78 is 5.31. The summed E-state index contributed by atoms with van der Waals surface area (Å²) in [7, 11) is 0. The van der Waals surface area contributed by atoms with Crippen LogP contribution in [0.5, 0.6) is 0 Å². The first kappa shape index (κ1) is 28.4. The van der Waals surface area contributed by atoms with Gasteiger partial charge in [-0.2, -0.15) is 11.3 Å². The summed E-state index contributed by atoms with van der Waals surface area (Å²) >= 11 is 1.60. The molecule has 0 bridgehead atoms. The number of nitrogens with one attached hydrogen (secondary N) is 3. The molecule has 4 rings (SSSR count). The third-order valence-corrected chi connectivity index (χ3v) is 6.87. The second kappa shape index (κ2) is 14.0. The zero-order valence-corrected chi connectivity index (χ0v) is 23.0. The number of alkyl carbamates (subject to hydrolysis) is 1. The highest BCUT2D eigenvalue weighted by Gasteiger charge is 2.22. The number of benzene rings is 3. The minimum absolute atomic E-state index is 0.0977. The van der Waals surface area contributed by atoms with Crippen LogP contribution in [0.25, 0.3) is 11.1 Å². The average molecular weight is 557 g/mol. The molecule has 0 saturated carbocycles. The molecule has 3 aromatic carbocycles. The van der Waals surface area contributed by atoms with Gasteiger partial charge < -0.3 is 26.4 Å². The Bertz CT molecular complexity index is 1420. The fourth-order valence-electron chi connectivity index (χ4n) is 3.98. The number of carbonyl (C=O) groups excluding carboxylic acids is 3. The molecule has 3 amide bonds. The van der Waals surface area contributed by atoms with Crippen LogP contribution in [0.4, 0.5) is 16.2 Å². The Kier molecular flexibility index (Phi) is 9.90. The molecule has 5 N–H and O–H groups in total. The van der Waals surface area contributed by atoms with Crippen molar-refractivity contribution in [2.75, 3.05) is 17.6 Å². The van der Waals surface area contributed by atoms with Gasteiger partial charge in [-0.25, -0.2) is 4.79 Å². The minimum atomic E-state index is -0.839. The smallest absolute Gasteiger partial charge is 0.408 e. The molecular formula is C31H32N4O4S. The monoisotopic (exact) mass is 556 g/mol. The zero-order chi connectivity index (χ0) is 28.3. The standard InChI is InChI=1S/C31H32N4O4S/c1-2-15-33-30(37)28(35-31(38)39-19-22-6-4-3-5-7-22)17-21-8-10-23(11-9-21)29(36)34-27-18-24(12-13-26(27)32)25-14-16-40-20-25/h3-14,16,18,20,28H,2,15,17,19,32H2,1H3,(H,33,37)(H,34,36)(H,35,38)/t28-/m0/s1. The molecule has 0 saturated heterocycles. The third kappa shape index (κ3) is 7.94. The molecule has 9 heteroatoms. The van der Waals surface area contributed by atoms with Crippen molar-refractivity contribution >= 4 is 40.6 Å². The molecule has 0 spiro atoms. The predicted octanol–water partition coefficient (Wildman–Crippen LogP) is 5.61. The van der Waals surface area contributed by atoms with Gasteiger partial charge in [-0.3, -0.25) is 9.59 Å². The molecule has 40 heavy (non-hydrogen) atoms. The third-order valence-electron chi connectivity index (χ3n) is 6.18. The molecule has 4 aromatic rings. The van der Waals surface area contributed by atoms with Gasteiger partial charge in [0, 0.05) is 18.5 Å². The van der Waals surface area contributed by atoms with E-state index in [1.807, 2.05) is 66.2 Å². The lowest BCUT2D eigenvalue weighted by atomic mass is 10.0. The summed E-state index contributed by atoms with van der Waals surface area (Å²) in [5.41, 5.74) is 11.2. The normalized spacial score (nSPS) is 11.3. The van der Waals surface area contributed by atoms with Crippen LogP contribution in [0.2, 0.25) is 0 Å². The van der Waals surface area contributed by atoms with Crippen molar-refractivity contribution < 1.29 is 19.1 Å². The number of nitrogens with two attached hydrogens (primary N) is 1. The van der Waals surface area contributed by atoms with Crippen molar-refractivity contribution in [1.82, 2.24) is 10.6 Å². The highest BCUT2D eigenvalue weighted by atomic mass is 32.1. The molecule has 0 unspecified atom stereocenters. The highest BCUT2D eigenvalue weighted by molar-refractivity contribution is 7.08. The second-order valence-corrected chi connectivity index (χ2v) is 10.00. The molecule has 1 atom stereocenters.